The van der Waals surface area contributed by atoms with Gasteiger partial charge in [0.2, 0.25) is 5.78 Å². The summed E-state index contributed by atoms with van der Waals surface area (Å²) in [5.41, 5.74) is 7.21. The molecule has 0 amide bonds. The number of carbonyl (C=O) groups is 1. The number of nitrogens with two attached hydrogens (primary N) is 1. The second-order valence-corrected chi connectivity index (χ2v) is 6.02. The van der Waals surface area contributed by atoms with Gasteiger partial charge in [0.25, 0.3) is 0 Å². The first-order valence-corrected chi connectivity index (χ1v) is 7.59. The Balaban J connectivity index is 2.02. The predicted octanol–water partition coefficient (Wildman–Crippen LogP) is 2.81. The summed E-state index contributed by atoms with van der Waals surface area (Å²) in [5, 5.41) is 11.1. The van der Waals surface area contributed by atoms with Crippen LogP contribution in [0.3, 0.4) is 0 Å². The molecule has 8 heteroatoms. The van der Waals surface area contributed by atoms with Crippen LogP contribution in [0.2, 0.25) is 5.02 Å². The normalized spacial score (nSPS) is 11.3. The van der Waals surface area contributed by atoms with E-state index in [1.807, 2.05) is 11.4 Å². The molecule has 4 aromatic rings. The minimum atomic E-state index is -0.217. The van der Waals surface area contributed by atoms with Gasteiger partial charge in [-0.25, -0.2) is 4.98 Å². The average molecular weight is 330 g/mol. The van der Waals surface area contributed by atoms with Crippen LogP contribution in [0.15, 0.2) is 35.7 Å². The van der Waals surface area contributed by atoms with Gasteiger partial charge in [0, 0.05) is 10.4 Å². The molecule has 2 N–H and O–H groups in total. The van der Waals surface area contributed by atoms with Crippen molar-refractivity contribution in [3.63, 3.8) is 0 Å². The van der Waals surface area contributed by atoms with Crippen molar-refractivity contribution in [2.75, 3.05) is 5.73 Å². The number of rotatable bonds is 2. The summed E-state index contributed by atoms with van der Waals surface area (Å²) in [6.45, 7) is 0. The number of hydrogen-bond acceptors (Lipinski definition) is 6. The number of ketones is 1. The fourth-order valence-electron chi connectivity index (χ4n) is 2.28. The maximum absolute atomic E-state index is 12.5. The van der Waals surface area contributed by atoms with E-state index < -0.39 is 0 Å². The molecule has 0 saturated heterocycles. The number of thiophene rings is 1. The van der Waals surface area contributed by atoms with Crippen molar-refractivity contribution in [2.45, 2.75) is 0 Å². The Hall–Kier alpha value is -2.51. The average Bonchev–Trinajstić information content (AvgIpc) is 3.16. The molecule has 6 nitrogen and oxygen atoms in total. The SMILES string of the molecule is Nc1nc2c(C(=O)c3cccs3)nnn2c2ccc(Cl)cc12. The minimum Gasteiger partial charge on any atom is -0.383 e. The fourth-order valence-corrected chi connectivity index (χ4v) is 3.12. The third-order valence-electron chi connectivity index (χ3n) is 3.30. The zero-order valence-electron chi connectivity index (χ0n) is 11.0. The van der Waals surface area contributed by atoms with Crippen molar-refractivity contribution in [1.82, 2.24) is 19.8 Å². The van der Waals surface area contributed by atoms with Gasteiger partial charge in [0.05, 0.1) is 10.4 Å². The largest absolute Gasteiger partial charge is 0.383 e. The maximum Gasteiger partial charge on any atom is 0.227 e. The molecule has 3 aromatic heterocycles. The molecule has 0 atom stereocenters. The van der Waals surface area contributed by atoms with E-state index in [0.29, 0.717) is 26.4 Å². The smallest absolute Gasteiger partial charge is 0.227 e. The van der Waals surface area contributed by atoms with Gasteiger partial charge in [-0.1, -0.05) is 22.9 Å². The van der Waals surface area contributed by atoms with Crippen molar-refractivity contribution < 1.29 is 4.79 Å². The summed E-state index contributed by atoms with van der Waals surface area (Å²) >= 11 is 7.33. The third kappa shape index (κ3) is 1.87. The van der Waals surface area contributed by atoms with Gasteiger partial charge in [-0.05, 0) is 29.6 Å². The summed E-state index contributed by atoms with van der Waals surface area (Å²) in [4.78, 5) is 17.3. The monoisotopic (exact) mass is 329 g/mol. The molecule has 1 aromatic carbocycles. The molecule has 0 aliphatic heterocycles. The molecule has 22 heavy (non-hydrogen) atoms. The van der Waals surface area contributed by atoms with E-state index in [2.05, 4.69) is 15.3 Å². The molecule has 0 bridgehead atoms. The van der Waals surface area contributed by atoms with E-state index in [4.69, 9.17) is 17.3 Å². The van der Waals surface area contributed by atoms with Crippen molar-refractivity contribution in [1.29, 1.82) is 0 Å². The quantitative estimate of drug-likeness (QED) is 0.571. The van der Waals surface area contributed by atoms with Crippen molar-refractivity contribution in [2.24, 2.45) is 0 Å². The van der Waals surface area contributed by atoms with Crippen LogP contribution in [0.1, 0.15) is 15.4 Å². The third-order valence-corrected chi connectivity index (χ3v) is 4.40. The Kier molecular flexibility index (Phi) is 2.85. The van der Waals surface area contributed by atoms with Gasteiger partial charge in [0.1, 0.15) is 5.82 Å². The highest BCUT2D eigenvalue weighted by molar-refractivity contribution is 7.12. The molecule has 0 unspecified atom stereocenters. The van der Waals surface area contributed by atoms with Crippen LogP contribution in [-0.4, -0.2) is 25.6 Å². The van der Waals surface area contributed by atoms with Crippen LogP contribution in [0.5, 0.6) is 0 Å². The van der Waals surface area contributed by atoms with Gasteiger partial charge in [-0.3, -0.25) is 4.79 Å². The van der Waals surface area contributed by atoms with Gasteiger partial charge < -0.3 is 5.73 Å². The van der Waals surface area contributed by atoms with Crippen LogP contribution in [0.25, 0.3) is 16.6 Å². The lowest BCUT2D eigenvalue weighted by atomic mass is 10.2. The Bertz CT molecular complexity index is 1020. The lowest BCUT2D eigenvalue weighted by Gasteiger charge is -2.04. The number of halogens is 1. The van der Waals surface area contributed by atoms with E-state index in [1.165, 1.54) is 15.9 Å². The molecule has 108 valence electrons. The number of hydrogen-bond donors (Lipinski definition) is 1. The lowest BCUT2D eigenvalue weighted by molar-refractivity contribution is 0.103. The predicted molar refractivity (Wildman–Crippen MR) is 85.5 cm³/mol. The van der Waals surface area contributed by atoms with Crippen LogP contribution >= 0.6 is 22.9 Å². The van der Waals surface area contributed by atoms with Gasteiger partial charge >= 0.3 is 0 Å². The molecule has 0 radical (unpaired) electrons. The Labute approximate surface area is 133 Å². The summed E-state index contributed by atoms with van der Waals surface area (Å²) in [6.07, 6.45) is 0. The summed E-state index contributed by atoms with van der Waals surface area (Å²) in [6, 6.07) is 8.76. The number of carbonyl (C=O) groups excluding carboxylic acids is 1. The molecule has 0 saturated carbocycles. The minimum absolute atomic E-state index is 0.186. The van der Waals surface area contributed by atoms with Crippen LogP contribution in [0, 0.1) is 0 Å². The van der Waals surface area contributed by atoms with E-state index >= 15 is 0 Å². The Morgan fingerprint density at radius 3 is 2.95 bits per heavy atom. The Morgan fingerprint density at radius 1 is 1.32 bits per heavy atom. The van der Waals surface area contributed by atoms with Gasteiger partial charge in [-0.2, -0.15) is 4.52 Å². The number of benzene rings is 1. The molecule has 3 heterocycles. The van der Waals surface area contributed by atoms with E-state index in [9.17, 15) is 4.79 Å². The molecule has 0 aliphatic rings. The molecule has 4 rings (SSSR count). The number of fused-ring (bicyclic) bond motifs is 3. The number of nitrogens with zero attached hydrogens (tertiary/aromatic N) is 4. The number of anilines is 1. The summed E-state index contributed by atoms with van der Waals surface area (Å²) < 4.78 is 1.50. The zero-order chi connectivity index (χ0) is 15.3. The highest BCUT2D eigenvalue weighted by atomic mass is 35.5. The van der Waals surface area contributed by atoms with E-state index in [1.54, 1.807) is 24.3 Å². The first kappa shape index (κ1) is 13.2. The summed E-state index contributed by atoms with van der Waals surface area (Å²) in [5.74, 6) is 0.0674. The Morgan fingerprint density at radius 2 is 2.18 bits per heavy atom. The second-order valence-electron chi connectivity index (χ2n) is 4.64. The number of nitrogen functional groups attached to an aromatic ring is 1. The standard InChI is InChI=1S/C14H8ClN5OS/c15-7-3-4-9-8(6-7)13(16)17-14-11(18-19-20(9)14)12(21)10-2-1-5-22-10/h1-6H,(H2,16,17). The van der Waals surface area contributed by atoms with E-state index in [-0.39, 0.29) is 17.3 Å². The lowest BCUT2D eigenvalue weighted by Crippen LogP contribution is -2.03. The zero-order valence-corrected chi connectivity index (χ0v) is 12.6. The molecular weight excluding hydrogens is 322 g/mol. The van der Waals surface area contributed by atoms with Crippen molar-refractivity contribution >= 4 is 51.1 Å². The summed E-state index contributed by atoms with van der Waals surface area (Å²) in [7, 11) is 0. The second kappa shape index (κ2) is 4.75. The van der Waals surface area contributed by atoms with Crippen LogP contribution in [-0.2, 0) is 0 Å². The first-order valence-electron chi connectivity index (χ1n) is 6.33. The van der Waals surface area contributed by atoms with Crippen molar-refractivity contribution in [3.8, 4) is 0 Å². The molecule has 0 aliphatic carbocycles. The molecule has 0 fully saturated rings. The fraction of sp³-hybridized carbons (Fsp3) is 0. The van der Waals surface area contributed by atoms with E-state index in [0.717, 1.165) is 0 Å². The first-order chi connectivity index (χ1) is 10.6. The molecule has 0 spiro atoms. The number of aromatic nitrogens is 4. The molecular formula is C14H8ClN5OS. The topological polar surface area (TPSA) is 86.2 Å². The highest BCUT2D eigenvalue weighted by Crippen LogP contribution is 2.26. The van der Waals surface area contributed by atoms with Gasteiger partial charge in [-0.15, -0.1) is 16.4 Å². The van der Waals surface area contributed by atoms with Gasteiger partial charge in [0.15, 0.2) is 11.3 Å². The maximum atomic E-state index is 12.5. The van der Waals surface area contributed by atoms with Crippen LogP contribution < -0.4 is 5.73 Å². The van der Waals surface area contributed by atoms with Crippen LogP contribution in [0.4, 0.5) is 5.82 Å². The van der Waals surface area contributed by atoms with Crippen molar-refractivity contribution in [3.05, 3.63) is 51.3 Å². The highest BCUT2D eigenvalue weighted by Gasteiger charge is 2.21.